The number of hydrogen-bond acceptors (Lipinski definition) is 4. The molecule has 2 aromatic rings. The fraction of sp³-hybridized carbons (Fsp3) is 0.111. The highest BCUT2D eigenvalue weighted by Gasteiger charge is 2.04. The summed E-state index contributed by atoms with van der Waals surface area (Å²) in [6.07, 6.45) is 0. The van der Waals surface area contributed by atoms with Crippen molar-refractivity contribution < 1.29 is 0 Å². The van der Waals surface area contributed by atoms with Gasteiger partial charge in [0.05, 0.1) is 4.88 Å². The maximum absolute atomic E-state index is 5.45. The summed E-state index contributed by atoms with van der Waals surface area (Å²) >= 11 is 1.67. The molecule has 0 aliphatic heterocycles. The molecule has 0 aliphatic carbocycles. The molecule has 0 spiro atoms. The molecule has 0 radical (unpaired) electrons. The molecule has 0 atom stereocenters. The van der Waals surface area contributed by atoms with Gasteiger partial charge in [-0.05, 0) is 36.1 Å². The van der Waals surface area contributed by atoms with Crippen molar-refractivity contribution in [3.8, 4) is 10.6 Å². The Morgan fingerprint density at radius 3 is 2.62 bits per heavy atom. The number of thiophene rings is 1. The van der Waals surface area contributed by atoms with E-state index in [0.717, 1.165) is 10.6 Å². The van der Waals surface area contributed by atoms with Crippen molar-refractivity contribution in [2.75, 3.05) is 5.73 Å². The number of rotatable bonds is 1. The van der Waals surface area contributed by atoms with Crippen LogP contribution < -0.4 is 5.73 Å². The van der Waals surface area contributed by atoms with Crippen molar-refractivity contribution in [1.29, 1.82) is 0 Å². The maximum atomic E-state index is 5.45. The van der Waals surface area contributed by atoms with Gasteiger partial charge in [0.25, 0.3) is 0 Å². The van der Waals surface area contributed by atoms with E-state index < -0.39 is 0 Å². The highest BCUT2D eigenvalue weighted by Crippen LogP contribution is 2.26. The van der Waals surface area contributed by atoms with E-state index in [9.17, 15) is 0 Å². The van der Waals surface area contributed by atoms with Gasteiger partial charge in [-0.25, -0.2) is 0 Å². The van der Waals surface area contributed by atoms with Gasteiger partial charge in [-0.15, -0.1) is 21.5 Å². The molecule has 3 nitrogen and oxygen atoms in total. The summed E-state index contributed by atoms with van der Waals surface area (Å²) in [5, 5.41) is 9.87. The van der Waals surface area contributed by atoms with Crippen LogP contribution in [-0.4, -0.2) is 10.2 Å². The third-order valence-corrected chi connectivity index (χ3v) is 2.82. The van der Waals surface area contributed by atoms with Crippen molar-refractivity contribution >= 4 is 17.2 Å². The van der Waals surface area contributed by atoms with Gasteiger partial charge in [0.15, 0.2) is 0 Å². The Kier molecular flexibility index (Phi) is 1.98. The zero-order valence-corrected chi connectivity index (χ0v) is 8.01. The molecule has 2 aromatic heterocycles. The number of nitrogens with two attached hydrogens (primary N) is 1. The van der Waals surface area contributed by atoms with E-state index in [4.69, 9.17) is 5.73 Å². The molecule has 4 heteroatoms. The molecule has 2 heterocycles. The van der Waals surface area contributed by atoms with E-state index in [1.54, 1.807) is 17.4 Å². The van der Waals surface area contributed by atoms with E-state index in [1.807, 2.05) is 11.4 Å². The van der Waals surface area contributed by atoms with Gasteiger partial charge < -0.3 is 5.73 Å². The van der Waals surface area contributed by atoms with Gasteiger partial charge in [-0.3, -0.25) is 0 Å². The first-order chi connectivity index (χ1) is 6.27. The third-order valence-electron chi connectivity index (χ3n) is 1.78. The monoisotopic (exact) mass is 191 g/mol. The second kappa shape index (κ2) is 3.14. The second-order valence-corrected chi connectivity index (χ2v) is 3.69. The van der Waals surface area contributed by atoms with Crippen molar-refractivity contribution in [3.05, 3.63) is 29.1 Å². The van der Waals surface area contributed by atoms with Crippen molar-refractivity contribution in [2.24, 2.45) is 0 Å². The number of nitrogen functional groups attached to an aromatic ring is 1. The Balaban J connectivity index is 2.47. The van der Waals surface area contributed by atoms with Crippen LogP contribution in [0.25, 0.3) is 10.6 Å². The lowest BCUT2D eigenvalue weighted by atomic mass is 10.2. The van der Waals surface area contributed by atoms with Gasteiger partial charge in [0, 0.05) is 0 Å². The number of anilines is 1. The zero-order valence-electron chi connectivity index (χ0n) is 7.19. The lowest BCUT2D eigenvalue weighted by Gasteiger charge is -1.97. The van der Waals surface area contributed by atoms with Crippen LogP contribution in [0.1, 0.15) is 5.56 Å². The van der Waals surface area contributed by atoms with Crippen LogP contribution in [0.15, 0.2) is 23.6 Å². The van der Waals surface area contributed by atoms with E-state index in [-0.39, 0.29) is 0 Å². The first kappa shape index (κ1) is 8.19. The van der Waals surface area contributed by atoms with Crippen molar-refractivity contribution in [1.82, 2.24) is 10.2 Å². The molecule has 13 heavy (non-hydrogen) atoms. The maximum Gasteiger partial charge on any atom is 0.146 e. The normalized spacial score (nSPS) is 10.2. The minimum atomic E-state index is 0.456. The minimum absolute atomic E-state index is 0.456. The predicted molar refractivity (Wildman–Crippen MR) is 54.5 cm³/mol. The largest absolute Gasteiger partial charge is 0.382 e. The average Bonchev–Trinajstić information content (AvgIpc) is 2.53. The van der Waals surface area contributed by atoms with Gasteiger partial charge in [-0.2, -0.15) is 0 Å². The van der Waals surface area contributed by atoms with Crippen molar-refractivity contribution in [2.45, 2.75) is 6.92 Å². The molecule has 0 bridgehead atoms. The van der Waals surface area contributed by atoms with Crippen LogP contribution in [0.4, 0.5) is 5.82 Å². The Bertz CT molecular complexity index is 405. The summed E-state index contributed by atoms with van der Waals surface area (Å²) in [5.74, 6) is 0.456. The second-order valence-electron chi connectivity index (χ2n) is 2.78. The summed E-state index contributed by atoms with van der Waals surface area (Å²) in [6.45, 7) is 2.06. The molecule has 0 amide bonds. The summed E-state index contributed by atoms with van der Waals surface area (Å²) < 4.78 is 0. The smallest absolute Gasteiger partial charge is 0.146 e. The zero-order chi connectivity index (χ0) is 9.26. The Morgan fingerprint density at radius 2 is 2.08 bits per heavy atom. The summed E-state index contributed by atoms with van der Waals surface area (Å²) in [5.41, 5.74) is 7.56. The Labute approximate surface area is 80.2 Å². The number of hydrogen-bond donors (Lipinski definition) is 1. The van der Waals surface area contributed by atoms with Crippen LogP contribution in [0.5, 0.6) is 0 Å². The summed E-state index contributed by atoms with van der Waals surface area (Å²) in [7, 11) is 0. The SMILES string of the molecule is Cc1ccsc1-c1ccc(N)nn1. The summed E-state index contributed by atoms with van der Waals surface area (Å²) in [6, 6.07) is 5.72. The molecule has 0 saturated carbocycles. The third kappa shape index (κ3) is 1.53. The Hall–Kier alpha value is -1.42. The fourth-order valence-corrected chi connectivity index (χ4v) is 1.99. The van der Waals surface area contributed by atoms with Gasteiger partial charge in [-0.1, -0.05) is 0 Å². The lowest BCUT2D eigenvalue weighted by molar-refractivity contribution is 1.05. The topological polar surface area (TPSA) is 51.8 Å². The van der Waals surface area contributed by atoms with Gasteiger partial charge in [0.1, 0.15) is 11.5 Å². The molecule has 0 aromatic carbocycles. The summed E-state index contributed by atoms with van der Waals surface area (Å²) in [4.78, 5) is 1.16. The van der Waals surface area contributed by atoms with Gasteiger partial charge >= 0.3 is 0 Å². The van der Waals surface area contributed by atoms with E-state index >= 15 is 0 Å². The number of nitrogens with zero attached hydrogens (tertiary/aromatic N) is 2. The van der Waals surface area contributed by atoms with Crippen molar-refractivity contribution in [3.63, 3.8) is 0 Å². The predicted octanol–water partition coefficient (Wildman–Crippen LogP) is 2.10. The first-order valence-electron chi connectivity index (χ1n) is 3.91. The molecular formula is C9H9N3S. The molecule has 0 aliphatic rings. The quantitative estimate of drug-likeness (QED) is 0.751. The molecule has 0 fully saturated rings. The van der Waals surface area contributed by atoms with Gasteiger partial charge in [0.2, 0.25) is 0 Å². The van der Waals surface area contributed by atoms with Crippen LogP contribution in [-0.2, 0) is 0 Å². The average molecular weight is 191 g/mol. The lowest BCUT2D eigenvalue weighted by Crippen LogP contribution is -1.93. The standard InChI is InChI=1S/C9H9N3S/c1-6-4-5-13-9(6)7-2-3-8(10)12-11-7/h2-5H,1H3,(H2,10,12). The fourth-order valence-electron chi connectivity index (χ4n) is 1.10. The van der Waals surface area contributed by atoms with Crippen LogP contribution in [0.3, 0.4) is 0 Å². The van der Waals surface area contributed by atoms with E-state index in [1.165, 1.54) is 5.56 Å². The van der Waals surface area contributed by atoms with E-state index in [2.05, 4.69) is 23.2 Å². The molecule has 66 valence electrons. The molecule has 2 N–H and O–H groups in total. The number of aryl methyl sites for hydroxylation is 1. The highest BCUT2D eigenvalue weighted by atomic mass is 32.1. The number of aromatic nitrogens is 2. The molecule has 2 rings (SSSR count). The molecular weight excluding hydrogens is 182 g/mol. The first-order valence-corrected chi connectivity index (χ1v) is 4.79. The van der Waals surface area contributed by atoms with Crippen LogP contribution in [0.2, 0.25) is 0 Å². The van der Waals surface area contributed by atoms with E-state index in [0.29, 0.717) is 5.82 Å². The minimum Gasteiger partial charge on any atom is -0.382 e. The van der Waals surface area contributed by atoms with Crippen LogP contribution >= 0.6 is 11.3 Å². The highest BCUT2D eigenvalue weighted by molar-refractivity contribution is 7.13. The Morgan fingerprint density at radius 1 is 1.23 bits per heavy atom. The molecule has 0 unspecified atom stereocenters. The molecule has 0 saturated heterocycles. The van der Waals surface area contributed by atoms with Crippen LogP contribution in [0, 0.1) is 6.92 Å².